The first kappa shape index (κ1) is 14.0. The third kappa shape index (κ3) is 2.76. The SMILES string of the molecule is Cc1ncc(-c2ccc(C(F)(F)F)nc2)cc1C(=O)O. The van der Waals surface area contributed by atoms with Gasteiger partial charge in [-0.2, -0.15) is 13.2 Å². The molecule has 0 saturated carbocycles. The van der Waals surface area contributed by atoms with Gasteiger partial charge in [-0.1, -0.05) is 6.07 Å². The monoisotopic (exact) mass is 282 g/mol. The molecule has 0 spiro atoms. The Balaban J connectivity index is 2.42. The van der Waals surface area contributed by atoms with Crippen LogP contribution < -0.4 is 0 Å². The van der Waals surface area contributed by atoms with Gasteiger partial charge in [0.2, 0.25) is 0 Å². The fraction of sp³-hybridized carbons (Fsp3) is 0.154. The molecular weight excluding hydrogens is 273 g/mol. The lowest BCUT2D eigenvalue weighted by atomic mass is 10.1. The summed E-state index contributed by atoms with van der Waals surface area (Å²) in [6.45, 7) is 1.54. The Labute approximate surface area is 111 Å². The van der Waals surface area contributed by atoms with Crippen LogP contribution in [0.15, 0.2) is 30.6 Å². The van der Waals surface area contributed by atoms with Crippen molar-refractivity contribution < 1.29 is 23.1 Å². The second kappa shape index (κ2) is 4.92. The maximum absolute atomic E-state index is 12.4. The average molecular weight is 282 g/mol. The fourth-order valence-electron chi connectivity index (χ4n) is 1.64. The number of carboxylic acid groups (broad SMARTS) is 1. The van der Waals surface area contributed by atoms with E-state index < -0.39 is 17.8 Å². The number of aromatic nitrogens is 2. The summed E-state index contributed by atoms with van der Waals surface area (Å²) in [4.78, 5) is 18.2. The highest BCUT2D eigenvalue weighted by molar-refractivity contribution is 5.90. The number of nitrogens with zero attached hydrogens (tertiary/aromatic N) is 2. The van der Waals surface area contributed by atoms with Gasteiger partial charge in [-0.15, -0.1) is 0 Å². The molecule has 7 heteroatoms. The normalized spacial score (nSPS) is 11.4. The smallest absolute Gasteiger partial charge is 0.433 e. The fourth-order valence-corrected chi connectivity index (χ4v) is 1.64. The third-order valence-corrected chi connectivity index (χ3v) is 2.70. The van der Waals surface area contributed by atoms with Crippen molar-refractivity contribution in [3.63, 3.8) is 0 Å². The van der Waals surface area contributed by atoms with Crippen LogP contribution in [-0.4, -0.2) is 21.0 Å². The Bertz CT molecular complexity index is 652. The Morgan fingerprint density at radius 3 is 2.30 bits per heavy atom. The highest BCUT2D eigenvalue weighted by atomic mass is 19.4. The van der Waals surface area contributed by atoms with Crippen LogP contribution in [-0.2, 0) is 6.18 Å². The molecule has 2 rings (SSSR count). The number of carboxylic acids is 1. The Morgan fingerprint density at radius 2 is 1.80 bits per heavy atom. The lowest BCUT2D eigenvalue weighted by molar-refractivity contribution is -0.141. The maximum atomic E-state index is 12.4. The van der Waals surface area contributed by atoms with Gasteiger partial charge in [0.05, 0.1) is 11.3 Å². The number of halogens is 3. The minimum atomic E-state index is -4.50. The van der Waals surface area contributed by atoms with Crippen molar-refractivity contribution >= 4 is 5.97 Å². The molecule has 0 aliphatic heterocycles. The van der Waals surface area contributed by atoms with E-state index in [2.05, 4.69) is 9.97 Å². The van der Waals surface area contributed by atoms with Crippen LogP contribution in [0.5, 0.6) is 0 Å². The first-order valence-electron chi connectivity index (χ1n) is 5.52. The zero-order chi connectivity index (χ0) is 14.9. The van der Waals surface area contributed by atoms with E-state index in [1.807, 2.05) is 0 Å². The molecule has 0 amide bonds. The molecule has 0 radical (unpaired) electrons. The van der Waals surface area contributed by atoms with Crippen LogP contribution in [0.1, 0.15) is 21.7 Å². The average Bonchev–Trinajstić information content (AvgIpc) is 2.38. The number of hydrogen-bond donors (Lipinski definition) is 1. The second-order valence-corrected chi connectivity index (χ2v) is 4.09. The van der Waals surface area contributed by atoms with Gasteiger partial charge >= 0.3 is 12.1 Å². The third-order valence-electron chi connectivity index (χ3n) is 2.70. The molecule has 0 unspecified atom stereocenters. The predicted molar refractivity (Wildman–Crippen MR) is 64.2 cm³/mol. The van der Waals surface area contributed by atoms with Gasteiger partial charge in [-0.25, -0.2) is 4.79 Å². The van der Waals surface area contributed by atoms with Crippen LogP contribution in [0, 0.1) is 6.92 Å². The van der Waals surface area contributed by atoms with Crippen LogP contribution in [0.3, 0.4) is 0 Å². The van der Waals surface area contributed by atoms with Gasteiger partial charge in [0.15, 0.2) is 0 Å². The molecule has 0 fully saturated rings. The van der Waals surface area contributed by atoms with Gasteiger partial charge in [0.1, 0.15) is 5.69 Å². The molecule has 2 heterocycles. The molecule has 0 bridgehead atoms. The van der Waals surface area contributed by atoms with Crippen molar-refractivity contribution in [1.29, 1.82) is 0 Å². The molecule has 1 N–H and O–H groups in total. The van der Waals surface area contributed by atoms with Crippen molar-refractivity contribution in [3.8, 4) is 11.1 Å². The van der Waals surface area contributed by atoms with Crippen LogP contribution in [0.25, 0.3) is 11.1 Å². The summed E-state index contributed by atoms with van der Waals surface area (Å²) in [5, 5.41) is 8.98. The summed E-state index contributed by atoms with van der Waals surface area (Å²) in [6.07, 6.45) is -2.07. The molecule has 104 valence electrons. The molecule has 4 nitrogen and oxygen atoms in total. The van der Waals surface area contributed by atoms with E-state index in [1.165, 1.54) is 25.3 Å². The van der Waals surface area contributed by atoms with Crippen molar-refractivity contribution in [1.82, 2.24) is 9.97 Å². The number of aromatic carboxylic acids is 1. The summed E-state index contributed by atoms with van der Waals surface area (Å²) >= 11 is 0. The predicted octanol–water partition coefficient (Wildman–Crippen LogP) is 3.17. The van der Waals surface area contributed by atoms with Crippen molar-refractivity contribution in [3.05, 3.63) is 47.5 Å². The summed E-state index contributed by atoms with van der Waals surface area (Å²) < 4.78 is 37.2. The van der Waals surface area contributed by atoms with E-state index in [0.717, 1.165) is 12.3 Å². The number of rotatable bonds is 2. The van der Waals surface area contributed by atoms with Gasteiger partial charge < -0.3 is 5.11 Å². The summed E-state index contributed by atoms with van der Waals surface area (Å²) in [5.74, 6) is -1.14. The first-order chi connectivity index (χ1) is 9.29. The Morgan fingerprint density at radius 1 is 1.15 bits per heavy atom. The highest BCUT2D eigenvalue weighted by Gasteiger charge is 2.32. The zero-order valence-electron chi connectivity index (χ0n) is 10.3. The zero-order valence-corrected chi connectivity index (χ0v) is 10.3. The maximum Gasteiger partial charge on any atom is 0.433 e. The summed E-state index contributed by atoms with van der Waals surface area (Å²) in [7, 11) is 0. The molecule has 2 aromatic rings. The molecule has 0 aromatic carbocycles. The van der Waals surface area contributed by atoms with Crippen molar-refractivity contribution in [2.24, 2.45) is 0 Å². The molecule has 0 aliphatic carbocycles. The van der Waals surface area contributed by atoms with Crippen LogP contribution in [0.4, 0.5) is 13.2 Å². The standard InChI is InChI=1S/C13H9F3N2O2/c1-7-10(12(19)20)4-9(6-17-7)8-2-3-11(18-5-8)13(14,15)16/h2-6H,1H3,(H,19,20). The molecule has 0 saturated heterocycles. The molecule has 0 aliphatic rings. The van der Waals surface area contributed by atoms with Crippen LogP contribution in [0.2, 0.25) is 0 Å². The van der Waals surface area contributed by atoms with E-state index >= 15 is 0 Å². The lowest BCUT2D eigenvalue weighted by Gasteiger charge is -2.07. The lowest BCUT2D eigenvalue weighted by Crippen LogP contribution is -2.07. The number of pyridine rings is 2. The van der Waals surface area contributed by atoms with Gasteiger partial charge in [-0.05, 0) is 19.1 Å². The van der Waals surface area contributed by atoms with Crippen molar-refractivity contribution in [2.45, 2.75) is 13.1 Å². The number of alkyl halides is 3. The first-order valence-corrected chi connectivity index (χ1v) is 5.52. The molecule has 20 heavy (non-hydrogen) atoms. The minimum Gasteiger partial charge on any atom is -0.478 e. The van der Waals surface area contributed by atoms with Gasteiger partial charge in [0, 0.05) is 23.5 Å². The number of aryl methyl sites for hydroxylation is 1. The van der Waals surface area contributed by atoms with E-state index in [9.17, 15) is 18.0 Å². The van der Waals surface area contributed by atoms with Gasteiger partial charge in [-0.3, -0.25) is 9.97 Å². The second-order valence-electron chi connectivity index (χ2n) is 4.09. The Hall–Kier alpha value is -2.44. The summed E-state index contributed by atoms with van der Waals surface area (Å²) in [5.41, 5.74) is 0.102. The van der Waals surface area contributed by atoms with Gasteiger partial charge in [0.25, 0.3) is 0 Å². The minimum absolute atomic E-state index is 0.00222. The quantitative estimate of drug-likeness (QED) is 0.919. The van der Waals surface area contributed by atoms with E-state index in [1.54, 1.807) is 0 Å². The highest BCUT2D eigenvalue weighted by Crippen LogP contribution is 2.29. The van der Waals surface area contributed by atoms with E-state index in [0.29, 0.717) is 16.8 Å². The molecular formula is C13H9F3N2O2. The molecule has 0 atom stereocenters. The van der Waals surface area contributed by atoms with Crippen LogP contribution >= 0.6 is 0 Å². The van der Waals surface area contributed by atoms with E-state index in [-0.39, 0.29) is 5.56 Å². The largest absolute Gasteiger partial charge is 0.478 e. The summed E-state index contributed by atoms with van der Waals surface area (Å²) in [6, 6.07) is 3.43. The number of carbonyl (C=O) groups is 1. The topological polar surface area (TPSA) is 63.1 Å². The molecule has 2 aromatic heterocycles. The van der Waals surface area contributed by atoms with Crippen molar-refractivity contribution in [2.75, 3.05) is 0 Å². The van der Waals surface area contributed by atoms with E-state index in [4.69, 9.17) is 5.11 Å². The number of hydrogen-bond acceptors (Lipinski definition) is 3. The Kier molecular flexibility index (Phi) is 3.44.